The van der Waals surface area contributed by atoms with Crippen molar-refractivity contribution in [2.75, 3.05) is 39.8 Å². The third kappa shape index (κ3) is 9.61. The van der Waals surface area contributed by atoms with Crippen molar-refractivity contribution >= 4 is 24.4 Å². The fourth-order valence-electron chi connectivity index (χ4n) is 4.21. The lowest BCUT2D eigenvalue weighted by atomic mass is 10.0. The zero-order chi connectivity index (χ0) is 29.5. The maximum atomic E-state index is 12.4. The molecule has 0 aliphatic rings. The molecule has 1 heterocycles. The van der Waals surface area contributed by atoms with E-state index in [1.807, 2.05) is 25.3 Å². The fraction of sp³-hybridized carbons (Fsp3) is 0.355. The second kappa shape index (κ2) is 16.6. The topological polar surface area (TPSA) is 124 Å². The summed E-state index contributed by atoms with van der Waals surface area (Å²) in [6, 6.07) is 16.6. The Labute approximate surface area is 242 Å². The summed E-state index contributed by atoms with van der Waals surface area (Å²) in [6.45, 7) is 11.1. The van der Waals surface area contributed by atoms with Gasteiger partial charge >= 0.3 is 6.09 Å². The number of amides is 2. The third-order valence-electron chi connectivity index (χ3n) is 6.41. The monoisotopic (exact) mass is 559 g/mol. The van der Waals surface area contributed by atoms with Gasteiger partial charge in [0.1, 0.15) is 12.4 Å². The predicted molar refractivity (Wildman–Crippen MR) is 164 cm³/mol. The Kier molecular flexibility index (Phi) is 12.6. The van der Waals surface area contributed by atoms with Crippen LogP contribution in [0.1, 0.15) is 38.1 Å². The number of aromatic amines is 1. The lowest BCUT2D eigenvalue weighted by Crippen LogP contribution is -2.42. The summed E-state index contributed by atoms with van der Waals surface area (Å²) in [7, 11) is 1.26. The minimum Gasteiger partial charge on any atom is -0.453 e. The van der Waals surface area contributed by atoms with E-state index in [1.54, 1.807) is 11.1 Å². The predicted octanol–water partition coefficient (Wildman–Crippen LogP) is 4.43. The minimum absolute atomic E-state index is 0.0992. The van der Waals surface area contributed by atoms with Crippen LogP contribution < -0.4 is 16.0 Å². The van der Waals surface area contributed by atoms with Gasteiger partial charge in [-0.1, -0.05) is 62.4 Å². The molecule has 2 aromatic carbocycles. The van der Waals surface area contributed by atoms with Crippen LogP contribution in [-0.4, -0.2) is 73.4 Å². The highest BCUT2D eigenvalue weighted by Crippen LogP contribution is 2.26. The van der Waals surface area contributed by atoms with Crippen molar-refractivity contribution in [1.29, 1.82) is 0 Å². The summed E-state index contributed by atoms with van der Waals surface area (Å²) in [5.41, 5.74) is 5.93. The van der Waals surface area contributed by atoms with Crippen LogP contribution in [0.3, 0.4) is 0 Å². The minimum atomic E-state index is -0.626. The van der Waals surface area contributed by atoms with Crippen LogP contribution in [-0.2, 0) is 16.1 Å². The highest BCUT2D eigenvalue weighted by molar-refractivity contribution is 5.82. The summed E-state index contributed by atoms with van der Waals surface area (Å²) in [4.78, 5) is 37.4. The summed E-state index contributed by atoms with van der Waals surface area (Å²) >= 11 is 0. The number of hydrogen-bond acceptors (Lipinski definition) is 7. The van der Waals surface area contributed by atoms with Gasteiger partial charge in [-0.2, -0.15) is 0 Å². The van der Waals surface area contributed by atoms with Crippen LogP contribution >= 0.6 is 0 Å². The van der Waals surface area contributed by atoms with Crippen molar-refractivity contribution in [2.24, 2.45) is 4.99 Å². The molecule has 0 radical (unpaired) electrons. The van der Waals surface area contributed by atoms with Gasteiger partial charge in [-0.25, -0.2) is 9.78 Å². The Morgan fingerprint density at radius 1 is 1.00 bits per heavy atom. The number of benzene rings is 2. The molecular formula is C31H41N7O3. The van der Waals surface area contributed by atoms with Gasteiger partial charge in [-0.05, 0) is 42.8 Å². The molecule has 0 fully saturated rings. The maximum absolute atomic E-state index is 12.4. The molecule has 0 saturated heterocycles. The van der Waals surface area contributed by atoms with Crippen LogP contribution in [0.2, 0.25) is 0 Å². The van der Waals surface area contributed by atoms with E-state index in [-0.39, 0.29) is 12.5 Å². The van der Waals surface area contributed by atoms with E-state index in [0.717, 1.165) is 59.7 Å². The van der Waals surface area contributed by atoms with Gasteiger partial charge in [0.2, 0.25) is 5.91 Å². The summed E-state index contributed by atoms with van der Waals surface area (Å²) in [6.07, 6.45) is 4.96. The molecule has 0 aliphatic carbocycles. The summed E-state index contributed by atoms with van der Waals surface area (Å²) in [5.74, 6) is 0.768. The first kappa shape index (κ1) is 31.1. The number of hydrogen-bond donors (Lipinski definition) is 4. The van der Waals surface area contributed by atoms with E-state index in [9.17, 15) is 9.59 Å². The SMILES string of the molecule is C=N/C(=C\NCCN(CCC)C(=O)CNC(=O)OC)c1ccc(-c2ccc(-c3cnc(CNCCC)[nH]3)cc2)cc1. The Balaban J connectivity index is 1.56. The highest BCUT2D eigenvalue weighted by atomic mass is 16.5. The lowest BCUT2D eigenvalue weighted by Gasteiger charge is -2.22. The Morgan fingerprint density at radius 3 is 2.32 bits per heavy atom. The largest absolute Gasteiger partial charge is 0.453 e. The molecule has 0 aliphatic heterocycles. The van der Waals surface area contributed by atoms with Crippen molar-refractivity contribution in [3.8, 4) is 22.4 Å². The van der Waals surface area contributed by atoms with Crippen molar-refractivity contribution in [2.45, 2.75) is 33.2 Å². The molecule has 218 valence electrons. The normalized spacial score (nSPS) is 11.1. The molecule has 0 bridgehead atoms. The maximum Gasteiger partial charge on any atom is 0.407 e. The van der Waals surface area contributed by atoms with Crippen molar-refractivity contribution in [1.82, 2.24) is 30.8 Å². The molecule has 41 heavy (non-hydrogen) atoms. The van der Waals surface area contributed by atoms with E-state index in [0.29, 0.717) is 25.3 Å². The number of alkyl carbamates (subject to hydrolysis) is 1. The molecule has 0 saturated carbocycles. The van der Waals surface area contributed by atoms with Crippen molar-refractivity contribution in [3.05, 3.63) is 72.3 Å². The van der Waals surface area contributed by atoms with Crippen LogP contribution in [0.4, 0.5) is 4.79 Å². The van der Waals surface area contributed by atoms with Gasteiger partial charge in [0.05, 0.1) is 31.2 Å². The van der Waals surface area contributed by atoms with Crippen molar-refractivity contribution in [3.63, 3.8) is 0 Å². The second-order valence-corrected chi connectivity index (χ2v) is 9.44. The average molecular weight is 560 g/mol. The second-order valence-electron chi connectivity index (χ2n) is 9.44. The van der Waals surface area contributed by atoms with Crippen LogP contribution in [0.5, 0.6) is 0 Å². The van der Waals surface area contributed by atoms with E-state index in [2.05, 4.69) is 85.7 Å². The zero-order valence-corrected chi connectivity index (χ0v) is 24.2. The number of carbonyl (C=O) groups excluding carboxylic acids is 2. The molecule has 3 rings (SSSR count). The van der Waals surface area contributed by atoms with Gasteiger partial charge < -0.3 is 30.6 Å². The molecule has 0 atom stereocenters. The van der Waals surface area contributed by atoms with Gasteiger partial charge in [-0.3, -0.25) is 9.79 Å². The number of rotatable bonds is 16. The molecular weight excluding hydrogens is 518 g/mol. The molecule has 3 aromatic rings. The number of aliphatic imine (C=N–C) groups is 1. The number of H-pyrrole nitrogens is 1. The van der Waals surface area contributed by atoms with Gasteiger partial charge in [0, 0.05) is 31.4 Å². The standard InChI is InChI=1S/C31H41N7O3/c1-5-15-33-21-29-35-20-28(37-29)26-13-9-24(10-14-26)23-7-11-25(12-8-23)27(32-3)19-34-16-18-38(17-6-2)30(39)22-36-31(40)41-4/h7-14,19-20,33-34H,3,5-6,15-18,21-22H2,1-2,4H3,(H,35,37)(H,36,40)/b27-19-. The Hall–Kier alpha value is -4.44. The van der Waals surface area contributed by atoms with E-state index < -0.39 is 6.09 Å². The molecule has 0 spiro atoms. The quantitative estimate of drug-likeness (QED) is 0.152. The van der Waals surface area contributed by atoms with E-state index in [4.69, 9.17) is 0 Å². The number of carbonyl (C=O) groups is 2. The molecule has 1 aromatic heterocycles. The number of nitrogens with one attached hydrogen (secondary N) is 4. The lowest BCUT2D eigenvalue weighted by molar-refractivity contribution is -0.130. The molecule has 2 amide bonds. The smallest absolute Gasteiger partial charge is 0.407 e. The van der Waals surface area contributed by atoms with Gasteiger partial charge in [-0.15, -0.1) is 0 Å². The average Bonchev–Trinajstić information content (AvgIpc) is 3.48. The van der Waals surface area contributed by atoms with Gasteiger partial charge in [0.15, 0.2) is 0 Å². The van der Waals surface area contributed by atoms with Crippen molar-refractivity contribution < 1.29 is 14.3 Å². The first-order chi connectivity index (χ1) is 20.0. The first-order valence-corrected chi connectivity index (χ1v) is 13.9. The van der Waals surface area contributed by atoms with E-state index in [1.165, 1.54) is 7.11 Å². The highest BCUT2D eigenvalue weighted by Gasteiger charge is 2.13. The number of aromatic nitrogens is 2. The Bertz CT molecular complexity index is 1280. The Morgan fingerprint density at radius 2 is 1.68 bits per heavy atom. The number of imidazole rings is 1. The van der Waals surface area contributed by atoms with Gasteiger partial charge in [0.25, 0.3) is 0 Å². The number of nitrogens with zero attached hydrogens (tertiary/aromatic N) is 3. The van der Waals surface area contributed by atoms with Crippen LogP contribution in [0, 0.1) is 0 Å². The molecule has 0 unspecified atom stereocenters. The molecule has 10 nitrogen and oxygen atoms in total. The molecule has 4 N–H and O–H groups in total. The zero-order valence-electron chi connectivity index (χ0n) is 24.2. The molecule has 10 heteroatoms. The first-order valence-electron chi connectivity index (χ1n) is 13.9. The fourth-order valence-corrected chi connectivity index (χ4v) is 4.21. The van der Waals surface area contributed by atoms with E-state index >= 15 is 0 Å². The summed E-state index contributed by atoms with van der Waals surface area (Å²) in [5, 5.41) is 9.01. The third-order valence-corrected chi connectivity index (χ3v) is 6.41. The number of ether oxygens (including phenoxy) is 1. The van der Waals surface area contributed by atoms with Crippen LogP contribution in [0.25, 0.3) is 28.1 Å². The van der Waals surface area contributed by atoms with Crippen LogP contribution in [0.15, 0.2) is 65.9 Å². The summed E-state index contributed by atoms with van der Waals surface area (Å²) < 4.78 is 4.52. The number of methoxy groups -OCH3 is 1.